The molecule has 0 unspecified atom stereocenters. The van der Waals surface area contributed by atoms with E-state index < -0.39 is 5.97 Å². The zero-order chi connectivity index (χ0) is 18.4. The number of hydrogen-bond donors (Lipinski definition) is 0. The molecule has 132 valence electrons. The van der Waals surface area contributed by atoms with Crippen LogP contribution in [0.3, 0.4) is 0 Å². The van der Waals surface area contributed by atoms with Gasteiger partial charge in [0.1, 0.15) is 5.75 Å². The number of carbonyl (C=O) groups is 2. The predicted octanol–water partition coefficient (Wildman–Crippen LogP) is 3.98. The minimum Gasteiger partial charge on any atom is -0.483 e. The van der Waals surface area contributed by atoms with E-state index in [0.29, 0.717) is 22.3 Å². The molecule has 0 N–H and O–H groups in total. The van der Waals surface area contributed by atoms with Gasteiger partial charge in [0.15, 0.2) is 6.61 Å². The third-order valence-electron chi connectivity index (χ3n) is 3.73. The average Bonchev–Trinajstić information content (AvgIpc) is 2.62. The molecule has 2 rings (SSSR count). The van der Waals surface area contributed by atoms with Gasteiger partial charge in [-0.25, -0.2) is 4.79 Å². The molecule has 0 spiro atoms. The summed E-state index contributed by atoms with van der Waals surface area (Å²) in [5, 5.41) is 0. The number of likely N-dealkylation sites (N-methyl/N-ethyl adjacent to an activating group) is 1. The Labute approximate surface area is 155 Å². The summed E-state index contributed by atoms with van der Waals surface area (Å²) in [7, 11) is 1.32. The molecule has 0 atom stereocenters. The first-order valence-electron chi connectivity index (χ1n) is 7.84. The molecule has 1 amide bonds. The highest BCUT2D eigenvalue weighted by Crippen LogP contribution is 2.27. The predicted molar refractivity (Wildman–Crippen MR) is 100 cm³/mol. The van der Waals surface area contributed by atoms with Gasteiger partial charge in [-0.1, -0.05) is 18.2 Å². The monoisotopic (exact) mass is 405 g/mol. The van der Waals surface area contributed by atoms with Gasteiger partial charge in [0.05, 0.1) is 17.1 Å². The molecule has 0 bridgehead atoms. The summed E-state index contributed by atoms with van der Waals surface area (Å²) in [5.41, 5.74) is 2.31. The van der Waals surface area contributed by atoms with Crippen molar-refractivity contribution in [3.8, 4) is 5.75 Å². The van der Waals surface area contributed by atoms with E-state index in [9.17, 15) is 9.59 Å². The van der Waals surface area contributed by atoms with Crippen LogP contribution in [-0.4, -0.2) is 32.1 Å². The summed E-state index contributed by atoms with van der Waals surface area (Å²) in [4.78, 5) is 25.7. The zero-order valence-electron chi connectivity index (χ0n) is 14.4. The number of aryl methyl sites for hydroxylation is 1. The van der Waals surface area contributed by atoms with Crippen molar-refractivity contribution in [2.24, 2.45) is 0 Å². The second-order valence-electron chi connectivity index (χ2n) is 5.35. The molecular weight excluding hydrogens is 386 g/mol. The molecule has 2 aromatic carbocycles. The van der Waals surface area contributed by atoms with Gasteiger partial charge < -0.3 is 14.4 Å². The Bertz CT molecular complexity index is 776. The molecular formula is C19H20BrNO4. The Morgan fingerprint density at radius 3 is 2.48 bits per heavy atom. The molecule has 0 aromatic heterocycles. The molecule has 2 aromatic rings. The maximum Gasteiger partial charge on any atom is 0.337 e. The van der Waals surface area contributed by atoms with Gasteiger partial charge in [0, 0.05) is 12.2 Å². The van der Waals surface area contributed by atoms with Crippen LogP contribution in [0.5, 0.6) is 5.75 Å². The van der Waals surface area contributed by atoms with E-state index in [1.165, 1.54) is 7.11 Å². The Hall–Kier alpha value is -2.34. The van der Waals surface area contributed by atoms with E-state index in [-0.39, 0.29) is 12.5 Å². The number of halogens is 1. The molecule has 6 heteroatoms. The molecule has 0 aliphatic rings. The average molecular weight is 406 g/mol. The number of carbonyl (C=O) groups excluding carboxylic acids is 2. The summed E-state index contributed by atoms with van der Waals surface area (Å²) >= 11 is 3.35. The van der Waals surface area contributed by atoms with Crippen molar-refractivity contribution in [1.82, 2.24) is 0 Å². The fourth-order valence-corrected chi connectivity index (χ4v) is 2.92. The highest BCUT2D eigenvalue weighted by atomic mass is 79.9. The number of benzene rings is 2. The third kappa shape index (κ3) is 4.60. The number of anilines is 1. The van der Waals surface area contributed by atoms with Gasteiger partial charge >= 0.3 is 5.97 Å². The van der Waals surface area contributed by atoms with Gasteiger partial charge in [-0.3, -0.25) is 4.79 Å². The van der Waals surface area contributed by atoms with E-state index in [4.69, 9.17) is 4.74 Å². The Morgan fingerprint density at radius 2 is 1.88 bits per heavy atom. The quantitative estimate of drug-likeness (QED) is 0.682. The molecule has 5 nitrogen and oxygen atoms in total. The lowest BCUT2D eigenvalue weighted by Gasteiger charge is -2.23. The molecule has 0 aliphatic carbocycles. The molecule has 0 heterocycles. The first-order valence-corrected chi connectivity index (χ1v) is 8.63. The first-order chi connectivity index (χ1) is 12.0. The van der Waals surface area contributed by atoms with Crippen molar-refractivity contribution >= 4 is 33.5 Å². The van der Waals surface area contributed by atoms with Crippen LogP contribution in [0.25, 0.3) is 0 Å². The molecule has 0 saturated carbocycles. The lowest BCUT2D eigenvalue weighted by atomic mass is 10.2. The van der Waals surface area contributed by atoms with E-state index in [1.807, 2.05) is 38.1 Å². The van der Waals surface area contributed by atoms with Crippen molar-refractivity contribution in [3.63, 3.8) is 0 Å². The second-order valence-corrected chi connectivity index (χ2v) is 6.20. The number of methoxy groups -OCH3 is 1. The van der Waals surface area contributed by atoms with Gasteiger partial charge in [0.25, 0.3) is 5.91 Å². The first kappa shape index (κ1) is 19.0. The fraction of sp³-hybridized carbons (Fsp3) is 0.263. The van der Waals surface area contributed by atoms with Crippen LogP contribution in [0.15, 0.2) is 46.9 Å². The fourth-order valence-electron chi connectivity index (χ4n) is 2.43. The number of hydrogen-bond acceptors (Lipinski definition) is 4. The van der Waals surface area contributed by atoms with Crippen LogP contribution in [0.2, 0.25) is 0 Å². The normalized spacial score (nSPS) is 10.2. The van der Waals surface area contributed by atoms with E-state index in [1.54, 1.807) is 23.1 Å². The maximum absolute atomic E-state index is 12.5. The lowest BCUT2D eigenvalue weighted by Crippen LogP contribution is -2.35. The highest BCUT2D eigenvalue weighted by Gasteiger charge is 2.17. The Morgan fingerprint density at radius 1 is 1.16 bits per heavy atom. The summed E-state index contributed by atoms with van der Waals surface area (Å²) < 4.78 is 10.9. The Kier molecular flexibility index (Phi) is 6.58. The largest absolute Gasteiger partial charge is 0.483 e. The minimum absolute atomic E-state index is 0.0989. The van der Waals surface area contributed by atoms with Crippen LogP contribution >= 0.6 is 15.9 Å². The topological polar surface area (TPSA) is 55.8 Å². The van der Waals surface area contributed by atoms with E-state index in [0.717, 1.165) is 11.3 Å². The number of nitrogens with zero attached hydrogens (tertiary/aromatic N) is 1. The number of esters is 1. The van der Waals surface area contributed by atoms with Crippen LogP contribution in [0, 0.1) is 6.92 Å². The Balaban J connectivity index is 2.08. The molecule has 25 heavy (non-hydrogen) atoms. The van der Waals surface area contributed by atoms with Crippen molar-refractivity contribution in [2.45, 2.75) is 13.8 Å². The van der Waals surface area contributed by atoms with Gasteiger partial charge in [-0.05, 0) is 59.6 Å². The number of para-hydroxylation sites is 1. The molecule has 0 radical (unpaired) electrons. The van der Waals surface area contributed by atoms with E-state index in [2.05, 4.69) is 20.7 Å². The van der Waals surface area contributed by atoms with Gasteiger partial charge in [0.2, 0.25) is 0 Å². The number of rotatable bonds is 6. The molecule has 0 aliphatic heterocycles. The summed E-state index contributed by atoms with van der Waals surface area (Å²) in [6.45, 7) is 4.34. The van der Waals surface area contributed by atoms with Crippen molar-refractivity contribution in [2.75, 3.05) is 25.2 Å². The summed E-state index contributed by atoms with van der Waals surface area (Å²) in [6, 6.07) is 12.6. The van der Waals surface area contributed by atoms with Crippen LogP contribution in [0.4, 0.5) is 5.69 Å². The maximum atomic E-state index is 12.5. The second kappa shape index (κ2) is 8.67. The zero-order valence-corrected chi connectivity index (χ0v) is 16.0. The van der Waals surface area contributed by atoms with Crippen molar-refractivity contribution < 1.29 is 19.1 Å². The smallest absolute Gasteiger partial charge is 0.337 e. The van der Waals surface area contributed by atoms with E-state index >= 15 is 0 Å². The van der Waals surface area contributed by atoms with Crippen LogP contribution in [-0.2, 0) is 9.53 Å². The van der Waals surface area contributed by atoms with Crippen LogP contribution < -0.4 is 9.64 Å². The van der Waals surface area contributed by atoms with Gasteiger partial charge in [-0.15, -0.1) is 0 Å². The lowest BCUT2D eigenvalue weighted by molar-refractivity contribution is -0.120. The van der Waals surface area contributed by atoms with Crippen LogP contribution in [0.1, 0.15) is 22.8 Å². The SMILES string of the molecule is CCN(C(=O)COc1ccc(C(=O)OC)cc1Br)c1ccccc1C. The van der Waals surface area contributed by atoms with Crippen molar-refractivity contribution in [3.05, 3.63) is 58.1 Å². The molecule has 0 fully saturated rings. The van der Waals surface area contributed by atoms with Gasteiger partial charge in [-0.2, -0.15) is 0 Å². The number of amides is 1. The summed E-state index contributed by atoms with van der Waals surface area (Å²) in [5.74, 6) is -0.0809. The standard InChI is InChI=1S/C19H20BrNO4/c1-4-21(16-8-6-5-7-13(16)2)18(22)12-25-17-10-9-14(11-15(17)20)19(23)24-3/h5-11H,4,12H2,1-3H3. The van der Waals surface area contributed by atoms with Crippen molar-refractivity contribution in [1.29, 1.82) is 0 Å². The highest BCUT2D eigenvalue weighted by molar-refractivity contribution is 9.10. The minimum atomic E-state index is -0.431. The summed E-state index contributed by atoms with van der Waals surface area (Å²) in [6.07, 6.45) is 0. The third-order valence-corrected chi connectivity index (χ3v) is 4.35. The number of ether oxygens (including phenoxy) is 2. The molecule has 0 saturated heterocycles.